The van der Waals surface area contributed by atoms with E-state index < -0.39 is 0 Å². The average molecular weight is 253 g/mol. The molecule has 0 aromatic heterocycles. The first-order chi connectivity index (χ1) is 9.29. The van der Waals surface area contributed by atoms with E-state index >= 15 is 0 Å². The lowest BCUT2D eigenvalue weighted by Gasteiger charge is -2.06. The van der Waals surface area contributed by atoms with Gasteiger partial charge < -0.3 is 10.5 Å². The number of hydrogen-bond donors (Lipinski definition) is 1. The van der Waals surface area contributed by atoms with Crippen LogP contribution in [-0.4, -0.2) is 7.11 Å². The van der Waals surface area contributed by atoms with E-state index in [2.05, 4.69) is 18.2 Å². The van der Waals surface area contributed by atoms with Crippen molar-refractivity contribution in [3.05, 3.63) is 77.9 Å². The molecule has 1 atom stereocenters. The highest BCUT2D eigenvalue weighted by Crippen LogP contribution is 2.14. The Morgan fingerprint density at radius 2 is 1.74 bits per heavy atom. The largest absolute Gasteiger partial charge is 0.497 e. The van der Waals surface area contributed by atoms with Gasteiger partial charge in [0.1, 0.15) is 5.75 Å². The number of benzene rings is 2. The van der Waals surface area contributed by atoms with Crippen LogP contribution in [0.5, 0.6) is 5.75 Å². The molecule has 2 aromatic rings. The van der Waals surface area contributed by atoms with E-state index in [-0.39, 0.29) is 6.04 Å². The summed E-state index contributed by atoms with van der Waals surface area (Å²) in [6.07, 6.45) is 5.03. The summed E-state index contributed by atoms with van der Waals surface area (Å²) in [5.41, 5.74) is 8.48. The normalized spacial score (nSPS) is 12.5. The van der Waals surface area contributed by atoms with E-state index in [1.165, 1.54) is 5.56 Å². The number of nitrogens with two attached hydrogens (primary N) is 1. The number of methoxy groups -OCH3 is 1. The molecule has 0 aliphatic carbocycles. The summed E-state index contributed by atoms with van der Waals surface area (Å²) in [5.74, 6) is 0.883. The van der Waals surface area contributed by atoms with E-state index in [9.17, 15) is 0 Å². The minimum absolute atomic E-state index is 0.0422. The van der Waals surface area contributed by atoms with Crippen LogP contribution in [0.4, 0.5) is 0 Å². The highest BCUT2D eigenvalue weighted by Gasteiger charge is 1.99. The molecule has 1 unspecified atom stereocenters. The van der Waals surface area contributed by atoms with Crippen LogP contribution in [-0.2, 0) is 6.42 Å². The maximum Gasteiger partial charge on any atom is 0.118 e. The smallest absolute Gasteiger partial charge is 0.118 e. The van der Waals surface area contributed by atoms with Gasteiger partial charge in [0.15, 0.2) is 0 Å². The van der Waals surface area contributed by atoms with Gasteiger partial charge in [-0.05, 0) is 29.7 Å². The highest BCUT2D eigenvalue weighted by molar-refractivity contribution is 5.29. The van der Waals surface area contributed by atoms with Crippen LogP contribution < -0.4 is 10.5 Å². The lowest BCUT2D eigenvalue weighted by molar-refractivity contribution is 0.414. The van der Waals surface area contributed by atoms with Gasteiger partial charge in [0, 0.05) is 6.04 Å². The Bertz CT molecular complexity index is 517. The highest BCUT2D eigenvalue weighted by atomic mass is 16.5. The standard InChI is InChI=1S/C17H19NO/c1-19-16-12-10-14(11-13-16)6-5-9-17(18)15-7-3-2-4-8-15/h2-5,7-13,17H,6,18H2,1H3/b9-5+. The van der Waals surface area contributed by atoms with Gasteiger partial charge in [0.05, 0.1) is 7.11 Å². The van der Waals surface area contributed by atoms with E-state index in [0.717, 1.165) is 17.7 Å². The van der Waals surface area contributed by atoms with Crippen LogP contribution in [0.2, 0.25) is 0 Å². The second-order valence-electron chi connectivity index (χ2n) is 4.42. The summed E-state index contributed by atoms with van der Waals surface area (Å²) in [4.78, 5) is 0. The summed E-state index contributed by atoms with van der Waals surface area (Å²) in [7, 11) is 1.67. The Morgan fingerprint density at radius 1 is 1.05 bits per heavy atom. The molecule has 2 rings (SSSR count). The zero-order valence-corrected chi connectivity index (χ0v) is 11.1. The molecule has 0 fully saturated rings. The number of rotatable bonds is 5. The molecule has 0 saturated heterocycles. The maximum atomic E-state index is 6.10. The summed E-state index contributed by atoms with van der Waals surface area (Å²) in [6, 6.07) is 18.1. The van der Waals surface area contributed by atoms with Crippen LogP contribution in [0.1, 0.15) is 17.2 Å². The van der Waals surface area contributed by atoms with Gasteiger partial charge in [-0.3, -0.25) is 0 Å². The molecule has 2 aromatic carbocycles. The third-order valence-electron chi connectivity index (χ3n) is 3.04. The van der Waals surface area contributed by atoms with Gasteiger partial charge in [0.2, 0.25) is 0 Å². The Kier molecular flexibility index (Phi) is 4.76. The van der Waals surface area contributed by atoms with Gasteiger partial charge in [0.25, 0.3) is 0 Å². The SMILES string of the molecule is COc1ccc(C/C=C/C(N)c2ccccc2)cc1. The van der Waals surface area contributed by atoms with Crippen LogP contribution in [0, 0.1) is 0 Å². The monoisotopic (exact) mass is 253 g/mol. The van der Waals surface area contributed by atoms with Crippen molar-refractivity contribution in [1.82, 2.24) is 0 Å². The Balaban J connectivity index is 1.92. The summed E-state index contributed by atoms with van der Waals surface area (Å²) < 4.78 is 5.13. The lowest BCUT2D eigenvalue weighted by atomic mass is 10.1. The van der Waals surface area contributed by atoms with Crippen molar-refractivity contribution in [3.63, 3.8) is 0 Å². The molecule has 0 bridgehead atoms. The Morgan fingerprint density at radius 3 is 2.37 bits per heavy atom. The second kappa shape index (κ2) is 6.76. The molecular formula is C17H19NO. The fourth-order valence-electron chi connectivity index (χ4n) is 1.90. The van der Waals surface area contributed by atoms with E-state index in [0.29, 0.717) is 0 Å². The van der Waals surface area contributed by atoms with Gasteiger partial charge in [-0.15, -0.1) is 0 Å². The molecule has 0 aliphatic heterocycles. The molecule has 0 saturated carbocycles. The van der Waals surface area contributed by atoms with Gasteiger partial charge in [-0.1, -0.05) is 54.6 Å². The maximum absolute atomic E-state index is 6.10. The van der Waals surface area contributed by atoms with E-state index in [4.69, 9.17) is 10.5 Å². The summed E-state index contributed by atoms with van der Waals surface area (Å²) in [5, 5.41) is 0. The first-order valence-electron chi connectivity index (χ1n) is 6.39. The van der Waals surface area contributed by atoms with E-state index in [1.807, 2.05) is 48.5 Å². The van der Waals surface area contributed by atoms with Gasteiger partial charge >= 0.3 is 0 Å². The average Bonchev–Trinajstić information content (AvgIpc) is 2.49. The molecular weight excluding hydrogens is 234 g/mol. The Labute approximate surface area is 114 Å². The third kappa shape index (κ3) is 3.97. The third-order valence-corrected chi connectivity index (χ3v) is 3.04. The zero-order chi connectivity index (χ0) is 13.5. The predicted molar refractivity (Wildman–Crippen MR) is 79.2 cm³/mol. The quantitative estimate of drug-likeness (QED) is 0.828. The van der Waals surface area contributed by atoms with Crippen molar-refractivity contribution in [2.45, 2.75) is 12.5 Å². The molecule has 0 radical (unpaired) electrons. The second-order valence-corrected chi connectivity index (χ2v) is 4.42. The molecule has 0 aliphatic rings. The zero-order valence-electron chi connectivity index (χ0n) is 11.1. The molecule has 2 nitrogen and oxygen atoms in total. The van der Waals surface area contributed by atoms with Crippen molar-refractivity contribution >= 4 is 0 Å². The first-order valence-corrected chi connectivity index (χ1v) is 6.39. The van der Waals surface area contributed by atoms with Crippen molar-refractivity contribution in [3.8, 4) is 5.75 Å². The van der Waals surface area contributed by atoms with Gasteiger partial charge in [-0.2, -0.15) is 0 Å². The number of allylic oxidation sites excluding steroid dienone is 1. The first kappa shape index (κ1) is 13.4. The fraction of sp³-hybridized carbons (Fsp3) is 0.176. The van der Waals surface area contributed by atoms with Crippen molar-refractivity contribution in [2.75, 3.05) is 7.11 Å². The van der Waals surface area contributed by atoms with Crippen LogP contribution in [0.15, 0.2) is 66.7 Å². The minimum Gasteiger partial charge on any atom is -0.497 e. The van der Waals surface area contributed by atoms with E-state index in [1.54, 1.807) is 7.11 Å². The number of hydrogen-bond acceptors (Lipinski definition) is 2. The topological polar surface area (TPSA) is 35.2 Å². The fourth-order valence-corrected chi connectivity index (χ4v) is 1.90. The van der Waals surface area contributed by atoms with Crippen molar-refractivity contribution in [2.24, 2.45) is 5.73 Å². The molecule has 2 heteroatoms. The summed E-state index contributed by atoms with van der Waals surface area (Å²) in [6.45, 7) is 0. The van der Waals surface area contributed by atoms with Gasteiger partial charge in [-0.25, -0.2) is 0 Å². The molecule has 19 heavy (non-hydrogen) atoms. The summed E-state index contributed by atoms with van der Waals surface area (Å²) >= 11 is 0. The van der Waals surface area contributed by atoms with Crippen molar-refractivity contribution in [1.29, 1.82) is 0 Å². The number of ether oxygens (including phenoxy) is 1. The lowest BCUT2D eigenvalue weighted by Crippen LogP contribution is -2.06. The van der Waals surface area contributed by atoms with Crippen LogP contribution in [0.25, 0.3) is 0 Å². The minimum atomic E-state index is -0.0422. The molecule has 98 valence electrons. The van der Waals surface area contributed by atoms with Crippen LogP contribution in [0.3, 0.4) is 0 Å². The van der Waals surface area contributed by atoms with Crippen LogP contribution >= 0.6 is 0 Å². The molecule has 2 N–H and O–H groups in total. The molecule has 0 amide bonds. The van der Waals surface area contributed by atoms with Crippen molar-refractivity contribution < 1.29 is 4.74 Å². The molecule has 0 heterocycles. The predicted octanol–water partition coefficient (Wildman–Crippen LogP) is 3.49. The Hall–Kier alpha value is -2.06. The molecule has 0 spiro atoms.